The summed E-state index contributed by atoms with van der Waals surface area (Å²) >= 11 is 7.39. The summed E-state index contributed by atoms with van der Waals surface area (Å²) in [6.45, 7) is 3.19. The topological polar surface area (TPSA) is 103 Å². The first-order chi connectivity index (χ1) is 13.8. The number of aryl methyl sites for hydroxylation is 1. The summed E-state index contributed by atoms with van der Waals surface area (Å²) in [6.07, 6.45) is 2.73. The Kier molecular flexibility index (Phi) is 6.76. The van der Waals surface area contributed by atoms with Gasteiger partial charge in [-0.2, -0.15) is 0 Å². The van der Waals surface area contributed by atoms with Crippen molar-refractivity contribution in [3.63, 3.8) is 0 Å². The van der Waals surface area contributed by atoms with E-state index < -0.39 is 0 Å². The van der Waals surface area contributed by atoms with Crippen molar-refractivity contribution in [2.24, 2.45) is 0 Å². The van der Waals surface area contributed by atoms with E-state index in [0.717, 1.165) is 10.8 Å². The van der Waals surface area contributed by atoms with Gasteiger partial charge in [-0.15, -0.1) is 0 Å². The average Bonchev–Trinajstić information content (AvgIpc) is 3.34. The number of hydrogen-bond donors (Lipinski definition) is 2. The Balaban J connectivity index is 1.65. The molecule has 2 atom stereocenters. The summed E-state index contributed by atoms with van der Waals surface area (Å²) in [4.78, 5) is 40.3. The highest BCUT2D eigenvalue weighted by atomic mass is 35.5. The Labute approximate surface area is 178 Å². The minimum absolute atomic E-state index is 0.0669. The van der Waals surface area contributed by atoms with Gasteiger partial charge >= 0.3 is 0 Å². The van der Waals surface area contributed by atoms with E-state index >= 15 is 0 Å². The van der Waals surface area contributed by atoms with Crippen LogP contribution in [0.5, 0.6) is 0 Å². The van der Waals surface area contributed by atoms with Gasteiger partial charge in [-0.3, -0.25) is 9.59 Å². The number of carbonyl (C=O) groups excluding carboxylic acids is 2. The van der Waals surface area contributed by atoms with Gasteiger partial charge in [-0.05, 0) is 12.8 Å². The number of ether oxygens (including phenoxy) is 1. The highest BCUT2D eigenvalue weighted by Crippen LogP contribution is 2.27. The molecule has 1 aliphatic heterocycles. The predicted molar refractivity (Wildman–Crippen MR) is 112 cm³/mol. The van der Waals surface area contributed by atoms with Crippen LogP contribution in [0.15, 0.2) is 6.20 Å². The normalized spacial score (nSPS) is 19.3. The molecule has 3 rings (SSSR count). The summed E-state index contributed by atoms with van der Waals surface area (Å²) in [7, 11) is 5.05. The van der Waals surface area contributed by atoms with Crippen molar-refractivity contribution in [2.45, 2.75) is 31.9 Å². The molecule has 0 aliphatic carbocycles. The number of H-pyrrole nitrogens is 1. The van der Waals surface area contributed by atoms with Gasteiger partial charge in [0.05, 0.1) is 24.0 Å². The summed E-state index contributed by atoms with van der Waals surface area (Å²) < 4.78 is 5.62. The zero-order valence-electron chi connectivity index (χ0n) is 16.9. The molecule has 2 aromatic heterocycles. The van der Waals surface area contributed by atoms with E-state index in [1.165, 1.54) is 16.2 Å². The number of nitrogens with one attached hydrogen (secondary N) is 2. The van der Waals surface area contributed by atoms with Crippen molar-refractivity contribution >= 4 is 39.9 Å². The Hall–Kier alpha value is -2.17. The van der Waals surface area contributed by atoms with E-state index in [1.54, 1.807) is 27.4 Å². The van der Waals surface area contributed by atoms with Crippen molar-refractivity contribution in [3.05, 3.63) is 27.7 Å². The van der Waals surface area contributed by atoms with E-state index in [9.17, 15) is 9.59 Å². The number of anilines is 1. The number of hydrogen-bond acceptors (Lipinski definition) is 7. The molecule has 1 fully saturated rings. The lowest BCUT2D eigenvalue weighted by atomic mass is 10.0. The number of imidazole rings is 1. The summed E-state index contributed by atoms with van der Waals surface area (Å²) in [5.74, 6) is -0.168. The van der Waals surface area contributed by atoms with E-state index in [2.05, 4.69) is 25.2 Å². The van der Waals surface area contributed by atoms with Crippen LogP contribution < -0.4 is 10.2 Å². The highest BCUT2D eigenvalue weighted by Gasteiger charge is 2.32. The number of aromatic amines is 1. The number of piperidine rings is 1. The molecule has 11 heteroatoms. The molecule has 0 aromatic carbocycles. The summed E-state index contributed by atoms with van der Waals surface area (Å²) in [6, 6.07) is -0.166. The van der Waals surface area contributed by atoms with Crippen molar-refractivity contribution in [1.29, 1.82) is 0 Å². The lowest BCUT2D eigenvalue weighted by Gasteiger charge is -2.37. The molecule has 0 unspecified atom stereocenters. The Morgan fingerprint density at radius 3 is 2.86 bits per heavy atom. The van der Waals surface area contributed by atoms with E-state index in [4.69, 9.17) is 16.3 Å². The number of nitrogens with zero attached hydrogens (tertiary/aromatic N) is 4. The van der Waals surface area contributed by atoms with E-state index in [0.29, 0.717) is 36.0 Å². The molecule has 3 heterocycles. The minimum Gasteiger partial charge on any atom is -0.377 e. The second kappa shape index (κ2) is 9.10. The van der Waals surface area contributed by atoms with E-state index in [-0.39, 0.29) is 29.8 Å². The Morgan fingerprint density at radius 1 is 1.48 bits per heavy atom. The number of halogens is 1. The van der Waals surface area contributed by atoms with Crippen LogP contribution in [0.4, 0.5) is 5.13 Å². The van der Waals surface area contributed by atoms with Gasteiger partial charge in [0.15, 0.2) is 16.1 Å². The van der Waals surface area contributed by atoms with Crippen LogP contribution in [0, 0.1) is 0 Å². The molecule has 2 N–H and O–H groups in total. The number of thiazole rings is 1. The predicted octanol–water partition coefficient (Wildman–Crippen LogP) is 1.81. The lowest BCUT2D eigenvalue weighted by molar-refractivity contribution is 0.0538. The van der Waals surface area contributed by atoms with Gasteiger partial charge < -0.3 is 24.8 Å². The number of carbonyl (C=O) groups is 2. The van der Waals surface area contributed by atoms with Gasteiger partial charge in [-0.25, -0.2) is 9.97 Å². The maximum Gasteiger partial charge on any atom is 0.287 e. The summed E-state index contributed by atoms with van der Waals surface area (Å²) in [5, 5.41) is 4.08. The van der Waals surface area contributed by atoms with Crippen molar-refractivity contribution in [1.82, 2.24) is 25.2 Å². The fourth-order valence-corrected chi connectivity index (χ4v) is 4.43. The molecule has 158 valence electrons. The first kappa shape index (κ1) is 21.5. The van der Waals surface area contributed by atoms with Gasteiger partial charge in [0.1, 0.15) is 4.88 Å². The SMILES string of the molecule is CCc1[nH]c(C(=O)N[C@H]2CCN(c3ncc(C(=O)N(C)C)s3)C[C@H]2OC)nc1Cl. The second-order valence-corrected chi connectivity index (χ2v) is 8.37. The van der Waals surface area contributed by atoms with Crippen molar-refractivity contribution < 1.29 is 14.3 Å². The molecular formula is C18H25ClN6O3S. The second-order valence-electron chi connectivity index (χ2n) is 7.00. The Morgan fingerprint density at radius 2 is 2.24 bits per heavy atom. The number of rotatable bonds is 6. The Bertz CT molecular complexity index is 883. The van der Waals surface area contributed by atoms with Crippen LogP contribution in [0.1, 0.15) is 39.3 Å². The molecule has 0 saturated carbocycles. The van der Waals surface area contributed by atoms with E-state index in [1.807, 2.05) is 6.92 Å². The zero-order chi connectivity index (χ0) is 21.1. The maximum absolute atomic E-state index is 12.6. The summed E-state index contributed by atoms with van der Waals surface area (Å²) in [5.41, 5.74) is 0.738. The molecule has 0 bridgehead atoms. The van der Waals surface area contributed by atoms with Crippen LogP contribution in [-0.2, 0) is 11.2 Å². The smallest absolute Gasteiger partial charge is 0.287 e. The van der Waals surface area contributed by atoms with Crippen LogP contribution in [-0.4, -0.2) is 78.1 Å². The molecule has 29 heavy (non-hydrogen) atoms. The first-order valence-electron chi connectivity index (χ1n) is 9.34. The quantitative estimate of drug-likeness (QED) is 0.710. The van der Waals surface area contributed by atoms with Gasteiger partial charge in [-0.1, -0.05) is 29.9 Å². The molecule has 1 saturated heterocycles. The third-order valence-electron chi connectivity index (χ3n) is 4.86. The highest BCUT2D eigenvalue weighted by molar-refractivity contribution is 7.17. The number of aromatic nitrogens is 3. The molecule has 2 aromatic rings. The molecule has 1 aliphatic rings. The van der Waals surface area contributed by atoms with Crippen molar-refractivity contribution in [3.8, 4) is 0 Å². The first-order valence-corrected chi connectivity index (χ1v) is 10.5. The maximum atomic E-state index is 12.6. The fraction of sp³-hybridized carbons (Fsp3) is 0.556. The third-order valence-corrected chi connectivity index (χ3v) is 6.22. The van der Waals surface area contributed by atoms with Crippen LogP contribution in [0.2, 0.25) is 5.15 Å². The number of amides is 2. The minimum atomic E-state index is -0.305. The molecule has 9 nitrogen and oxygen atoms in total. The van der Waals surface area contributed by atoms with Gasteiger partial charge in [0.25, 0.3) is 11.8 Å². The average molecular weight is 441 g/mol. The molecular weight excluding hydrogens is 416 g/mol. The lowest BCUT2D eigenvalue weighted by Crippen LogP contribution is -2.55. The number of methoxy groups -OCH3 is 1. The van der Waals surface area contributed by atoms with Crippen LogP contribution >= 0.6 is 22.9 Å². The third kappa shape index (κ3) is 4.71. The molecule has 2 amide bonds. The zero-order valence-corrected chi connectivity index (χ0v) is 18.4. The van der Waals surface area contributed by atoms with Crippen LogP contribution in [0.25, 0.3) is 0 Å². The van der Waals surface area contributed by atoms with Gasteiger partial charge in [0, 0.05) is 34.3 Å². The van der Waals surface area contributed by atoms with Crippen LogP contribution in [0.3, 0.4) is 0 Å². The molecule has 0 radical (unpaired) electrons. The largest absolute Gasteiger partial charge is 0.377 e. The van der Waals surface area contributed by atoms with Crippen molar-refractivity contribution in [2.75, 3.05) is 39.2 Å². The fourth-order valence-electron chi connectivity index (χ4n) is 3.19. The molecule has 0 spiro atoms. The standard InChI is InChI=1S/C18H25ClN6O3S/c1-5-10-14(19)23-15(21-10)16(26)22-11-6-7-25(9-12(11)28-4)18-20-8-13(29-18)17(27)24(2)3/h8,11-12H,5-7,9H2,1-4H3,(H,21,23)(H,22,26)/t11-,12+/m0/s1. The van der Waals surface area contributed by atoms with Gasteiger partial charge in [0.2, 0.25) is 0 Å². The monoisotopic (exact) mass is 440 g/mol.